The normalized spacial score (nSPS) is 13.1. The summed E-state index contributed by atoms with van der Waals surface area (Å²) >= 11 is 0. The molecule has 0 saturated heterocycles. The van der Waals surface area contributed by atoms with Crippen LogP contribution in [0.15, 0.2) is 36.7 Å². The second-order valence-corrected chi connectivity index (χ2v) is 8.68. The Morgan fingerprint density at radius 1 is 0.750 bits per heavy atom. The highest BCUT2D eigenvalue weighted by Gasteiger charge is 2.12. The first-order chi connectivity index (χ1) is 15.6. The van der Waals surface area contributed by atoms with Gasteiger partial charge < -0.3 is 4.74 Å². The first-order valence-electron chi connectivity index (χ1n) is 12.4. The van der Waals surface area contributed by atoms with E-state index in [0.29, 0.717) is 18.0 Å². The zero-order valence-electron chi connectivity index (χ0n) is 19.9. The molecule has 0 aliphatic carbocycles. The first-order valence-corrected chi connectivity index (χ1v) is 12.4. The van der Waals surface area contributed by atoms with E-state index in [1.54, 1.807) is 12.1 Å². The Balaban J connectivity index is 1.70. The summed E-state index contributed by atoms with van der Waals surface area (Å²) in [5.74, 6) is 1.27. The van der Waals surface area contributed by atoms with Crippen LogP contribution in [-0.2, 0) is 6.42 Å². The predicted molar refractivity (Wildman–Crippen MR) is 129 cm³/mol. The van der Waals surface area contributed by atoms with E-state index in [4.69, 9.17) is 4.74 Å². The molecular weight excluding hydrogens is 406 g/mol. The molecule has 0 fully saturated rings. The molecule has 2 aromatic rings. The molecule has 1 aromatic carbocycles. The van der Waals surface area contributed by atoms with Gasteiger partial charge in [-0.25, -0.2) is 18.7 Å². The molecule has 1 heterocycles. The smallest absolute Gasteiger partial charge is 0.159 e. The van der Waals surface area contributed by atoms with Gasteiger partial charge in [-0.15, -0.1) is 0 Å². The lowest BCUT2D eigenvalue weighted by Crippen LogP contribution is -2.15. The van der Waals surface area contributed by atoms with Crippen molar-refractivity contribution in [1.82, 2.24) is 9.97 Å². The molecule has 0 bridgehead atoms. The molecular formula is C27H40F2N2O. The molecule has 0 aliphatic rings. The maximum atomic E-state index is 13.9. The second kappa shape index (κ2) is 15.7. The average Bonchev–Trinajstić information content (AvgIpc) is 2.82. The van der Waals surface area contributed by atoms with Crippen molar-refractivity contribution in [2.75, 3.05) is 6.61 Å². The molecule has 0 amide bonds. The van der Waals surface area contributed by atoms with E-state index in [-0.39, 0.29) is 19.4 Å². The van der Waals surface area contributed by atoms with Gasteiger partial charge in [0.1, 0.15) is 24.7 Å². The molecule has 0 aliphatic heterocycles. The highest BCUT2D eigenvalue weighted by molar-refractivity contribution is 5.55. The van der Waals surface area contributed by atoms with Crippen LogP contribution in [0.2, 0.25) is 0 Å². The number of benzene rings is 1. The minimum absolute atomic E-state index is 0.0536. The van der Waals surface area contributed by atoms with Crippen LogP contribution < -0.4 is 4.74 Å². The molecule has 0 saturated carbocycles. The van der Waals surface area contributed by atoms with Gasteiger partial charge in [0.05, 0.1) is 0 Å². The zero-order valence-corrected chi connectivity index (χ0v) is 19.9. The summed E-state index contributed by atoms with van der Waals surface area (Å²) in [5.41, 5.74) is 2.07. The Bertz CT molecular complexity index is 721. The number of alkyl halides is 2. The number of aromatic nitrogens is 2. The van der Waals surface area contributed by atoms with Crippen molar-refractivity contribution in [1.29, 1.82) is 0 Å². The van der Waals surface area contributed by atoms with Crippen molar-refractivity contribution in [3.05, 3.63) is 42.2 Å². The summed E-state index contributed by atoms with van der Waals surface area (Å²) in [5, 5.41) is 0. The van der Waals surface area contributed by atoms with Crippen LogP contribution >= 0.6 is 0 Å². The summed E-state index contributed by atoms with van der Waals surface area (Å²) in [4.78, 5) is 9.00. The summed E-state index contributed by atoms with van der Waals surface area (Å²) in [6.45, 7) is 4.12. The van der Waals surface area contributed by atoms with Gasteiger partial charge in [0.15, 0.2) is 5.82 Å². The van der Waals surface area contributed by atoms with Gasteiger partial charge in [-0.05, 0) is 61.9 Å². The van der Waals surface area contributed by atoms with Gasteiger partial charge in [-0.3, -0.25) is 0 Å². The van der Waals surface area contributed by atoms with Crippen molar-refractivity contribution in [2.45, 2.75) is 103 Å². The van der Waals surface area contributed by atoms with Crippen molar-refractivity contribution in [3.8, 4) is 17.1 Å². The van der Waals surface area contributed by atoms with Gasteiger partial charge in [0, 0.05) is 18.0 Å². The van der Waals surface area contributed by atoms with Gasteiger partial charge in [-0.1, -0.05) is 58.8 Å². The third-order valence-corrected chi connectivity index (χ3v) is 5.71. The summed E-state index contributed by atoms with van der Waals surface area (Å²) in [6, 6.07) is 7.36. The van der Waals surface area contributed by atoms with E-state index in [1.165, 1.54) is 50.5 Å². The standard InChI is InChI=1S/C27H40F2N2O/c1-3-5-6-7-8-9-10-12-22-19-30-27(31-20-22)23-13-17-26(18-14-23)32-21-25(29)16-15-24(28)11-4-2/h13-14,17-20,24-25H,3-12,15-16,21H2,1-2H3. The minimum atomic E-state index is -1.16. The third kappa shape index (κ3) is 10.5. The number of ether oxygens (including phenoxy) is 1. The molecule has 5 heteroatoms. The predicted octanol–water partition coefficient (Wildman–Crippen LogP) is 8.07. The van der Waals surface area contributed by atoms with Crippen molar-refractivity contribution in [2.24, 2.45) is 0 Å². The van der Waals surface area contributed by atoms with Crippen LogP contribution in [0.3, 0.4) is 0 Å². The number of nitrogens with zero attached hydrogens (tertiary/aromatic N) is 2. The van der Waals surface area contributed by atoms with E-state index in [1.807, 2.05) is 31.5 Å². The maximum absolute atomic E-state index is 13.9. The Morgan fingerprint density at radius 3 is 2.03 bits per heavy atom. The molecule has 178 valence electrons. The summed E-state index contributed by atoms with van der Waals surface area (Å²) in [6.07, 6.45) is 13.6. The fraction of sp³-hybridized carbons (Fsp3) is 0.630. The largest absolute Gasteiger partial charge is 0.491 e. The lowest BCUT2D eigenvalue weighted by atomic mass is 10.1. The molecule has 2 rings (SSSR count). The number of halogens is 2. The molecule has 2 unspecified atom stereocenters. The first kappa shape index (κ1) is 26.2. The van der Waals surface area contributed by atoms with Crippen LogP contribution in [0.4, 0.5) is 8.78 Å². The van der Waals surface area contributed by atoms with E-state index in [0.717, 1.165) is 18.4 Å². The Labute approximate surface area is 193 Å². The van der Waals surface area contributed by atoms with Gasteiger partial charge in [-0.2, -0.15) is 0 Å². The summed E-state index contributed by atoms with van der Waals surface area (Å²) in [7, 11) is 0. The van der Waals surface area contributed by atoms with E-state index < -0.39 is 12.3 Å². The lowest BCUT2D eigenvalue weighted by Gasteiger charge is -2.12. The number of aryl methyl sites for hydroxylation is 1. The summed E-state index contributed by atoms with van der Waals surface area (Å²) < 4.78 is 32.9. The van der Waals surface area contributed by atoms with E-state index >= 15 is 0 Å². The maximum Gasteiger partial charge on any atom is 0.159 e. The van der Waals surface area contributed by atoms with Crippen molar-refractivity contribution < 1.29 is 13.5 Å². The van der Waals surface area contributed by atoms with Gasteiger partial charge >= 0.3 is 0 Å². The number of hydrogen-bond donors (Lipinski definition) is 0. The Kier molecular flexibility index (Phi) is 12.9. The van der Waals surface area contributed by atoms with E-state index in [9.17, 15) is 8.78 Å². The molecule has 0 radical (unpaired) electrons. The minimum Gasteiger partial charge on any atom is -0.491 e. The average molecular weight is 447 g/mol. The van der Waals surface area contributed by atoms with Crippen LogP contribution in [0.1, 0.15) is 90.0 Å². The molecule has 32 heavy (non-hydrogen) atoms. The highest BCUT2D eigenvalue weighted by atomic mass is 19.1. The highest BCUT2D eigenvalue weighted by Crippen LogP contribution is 2.21. The zero-order chi connectivity index (χ0) is 23.0. The van der Waals surface area contributed by atoms with Crippen molar-refractivity contribution >= 4 is 0 Å². The molecule has 1 aromatic heterocycles. The lowest BCUT2D eigenvalue weighted by molar-refractivity contribution is 0.168. The van der Waals surface area contributed by atoms with Crippen LogP contribution in [-0.4, -0.2) is 28.9 Å². The molecule has 2 atom stereocenters. The quantitative estimate of drug-likeness (QED) is 0.230. The fourth-order valence-electron chi connectivity index (χ4n) is 3.71. The monoisotopic (exact) mass is 446 g/mol. The molecule has 3 nitrogen and oxygen atoms in total. The van der Waals surface area contributed by atoms with E-state index in [2.05, 4.69) is 16.9 Å². The molecule has 0 N–H and O–H groups in total. The third-order valence-electron chi connectivity index (χ3n) is 5.71. The Morgan fingerprint density at radius 2 is 1.38 bits per heavy atom. The number of rotatable bonds is 17. The second-order valence-electron chi connectivity index (χ2n) is 8.68. The van der Waals surface area contributed by atoms with Crippen LogP contribution in [0, 0.1) is 0 Å². The SMILES string of the molecule is CCCCCCCCCc1cnc(-c2ccc(OCC(F)CCC(F)CCC)cc2)nc1. The van der Waals surface area contributed by atoms with Crippen molar-refractivity contribution in [3.63, 3.8) is 0 Å². The van der Waals surface area contributed by atoms with Gasteiger partial charge in [0.2, 0.25) is 0 Å². The molecule has 0 spiro atoms. The Hall–Kier alpha value is -2.04. The topological polar surface area (TPSA) is 35.0 Å². The van der Waals surface area contributed by atoms with Crippen LogP contribution in [0.25, 0.3) is 11.4 Å². The fourth-order valence-corrected chi connectivity index (χ4v) is 3.71. The van der Waals surface area contributed by atoms with Gasteiger partial charge in [0.25, 0.3) is 0 Å². The van der Waals surface area contributed by atoms with Crippen LogP contribution in [0.5, 0.6) is 5.75 Å². The number of hydrogen-bond acceptors (Lipinski definition) is 3. The number of unbranched alkanes of at least 4 members (excludes halogenated alkanes) is 6.